The quantitative estimate of drug-likeness (QED) is 0.254. The van der Waals surface area contributed by atoms with E-state index >= 15 is 0 Å². The maximum atomic E-state index is 12.1. The van der Waals surface area contributed by atoms with E-state index in [4.69, 9.17) is 4.74 Å². The second-order valence-corrected chi connectivity index (χ2v) is 8.93. The molecule has 154 valence electrons. The summed E-state index contributed by atoms with van der Waals surface area (Å²) >= 11 is 0. The Morgan fingerprint density at radius 1 is 0.800 bits per heavy atom. The fourth-order valence-electron chi connectivity index (χ4n) is 3.18. The lowest BCUT2D eigenvalue weighted by Crippen LogP contribution is -2.11. The standard InChI is InChI=1S/C28H30O2/c1-20(2)22-11-13-24(14-12-22)23-9-6-21(7-10-23)8-19-27(29)30-26-17-15-25(16-18-26)28(3,4)5/h6-20H,1-5H3/b19-8+. The molecule has 0 saturated carbocycles. The van der Waals surface area contributed by atoms with Gasteiger partial charge in [-0.05, 0) is 57.4 Å². The molecule has 2 nitrogen and oxygen atoms in total. The first-order chi connectivity index (χ1) is 14.2. The van der Waals surface area contributed by atoms with Gasteiger partial charge < -0.3 is 4.74 Å². The average molecular weight is 399 g/mol. The molecule has 0 radical (unpaired) electrons. The first-order valence-electron chi connectivity index (χ1n) is 10.4. The summed E-state index contributed by atoms with van der Waals surface area (Å²) in [6.45, 7) is 10.9. The molecule has 3 aromatic rings. The molecule has 30 heavy (non-hydrogen) atoms. The number of hydrogen-bond donors (Lipinski definition) is 0. The van der Waals surface area contributed by atoms with Crippen molar-refractivity contribution in [2.75, 3.05) is 0 Å². The molecule has 0 unspecified atom stereocenters. The van der Waals surface area contributed by atoms with Crippen LogP contribution in [0.2, 0.25) is 0 Å². The summed E-state index contributed by atoms with van der Waals surface area (Å²) in [6.07, 6.45) is 3.24. The van der Waals surface area contributed by atoms with Crippen molar-refractivity contribution in [1.82, 2.24) is 0 Å². The number of esters is 1. The van der Waals surface area contributed by atoms with Gasteiger partial charge in [0.15, 0.2) is 0 Å². The second kappa shape index (κ2) is 9.13. The summed E-state index contributed by atoms with van der Waals surface area (Å²) in [4.78, 5) is 12.1. The molecule has 0 spiro atoms. The Bertz CT molecular complexity index is 1000. The molecule has 0 bridgehead atoms. The molecule has 0 aromatic heterocycles. The van der Waals surface area contributed by atoms with E-state index in [1.165, 1.54) is 22.8 Å². The fraction of sp³-hybridized carbons (Fsp3) is 0.250. The number of carbonyl (C=O) groups is 1. The van der Waals surface area contributed by atoms with Gasteiger partial charge in [-0.3, -0.25) is 0 Å². The molecule has 0 atom stereocenters. The summed E-state index contributed by atoms with van der Waals surface area (Å²) in [5, 5.41) is 0. The third kappa shape index (κ3) is 5.70. The predicted octanol–water partition coefficient (Wildman–Crippen LogP) is 7.39. The number of hydrogen-bond acceptors (Lipinski definition) is 2. The minimum atomic E-state index is -0.383. The number of rotatable bonds is 5. The van der Waals surface area contributed by atoms with E-state index in [2.05, 4.69) is 71.0 Å². The van der Waals surface area contributed by atoms with Gasteiger partial charge in [0, 0.05) is 6.08 Å². The van der Waals surface area contributed by atoms with Gasteiger partial charge in [0.1, 0.15) is 5.75 Å². The zero-order valence-corrected chi connectivity index (χ0v) is 18.5. The van der Waals surface area contributed by atoms with Gasteiger partial charge in [-0.1, -0.05) is 95.3 Å². The highest BCUT2D eigenvalue weighted by molar-refractivity contribution is 5.88. The molecule has 0 heterocycles. The first-order valence-corrected chi connectivity index (χ1v) is 10.4. The van der Waals surface area contributed by atoms with Gasteiger partial charge in [-0.25, -0.2) is 4.79 Å². The van der Waals surface area contributed by atoms with Gasteiger partial charge in [0.2, 0.25) is 0 Å². The molecule has 0 saturated heterocycles. The average Bonchev–Trinajstić information content (AvgIpc) is 2.72. The van der Waals surface area contributed by atoms with Crippen molar-refractivity contribution in [3.8, 4) is 16.9 Å². The lowest BCUT2D eigenvalue weighted by atomic mass is 9.87. The van der Waals surface area contributed by atoms with Crippen molar-refractivity contribution < 1.29 is 9.53 Å². The van der Waals surface area contributed by atoms with E-state index in [1.54, 1.807) is 6.08 Å². The van der Waals surface area contributed by atoms with Crippen LogP contribution in [0.25, 0.3) is 17.2 Å². The fourth-order valence-corrected chi connectivity index (χ4v) is 3.18. The van der Waals surface area contributed by atoms with Gasteiger partial charge in [-0.2, -0.15) is 0 Å². The minimum Gasteiger partial charge on any atom is -0.423 e. The summed E-state index contributed by atoms with van der Waals surface area (Å²) in [5.74, 6) is 0.701. The highest BCUT2D eigenvalue weighted by Crippen LogP contribution is 2.25. The van der Waals surface area contributed by atoms with Crippen LogP contribution < -0.4 is 4.74 Å². The van der Waals surface area contributed by atoms with E-state index in [0.717, 1.165) is 11.1 Å². The van der Waals surface area contributed by atoms with E-state index in [0.29, 0.717) is 11.7 Å². The molecule has 3 rings (SSSR count). The zero-order valence-electron chi connectivity index (χ0n) is 18.5. The minimum absolute atomic E-state index is 0.0745. The topological polar surface area (TPSA) is 26.3 Å². The molecular formula is C28H30O2. The Hall–Kier alpha value is -3.13. The van der Waals surface area contributed by atoms with Gasteiger partial charge in [-0.15, -0.1) is 0 Å². The predicted molar refractivity (Wildman–Crippen MR) is 126 cm³/mol. The SMILES string of the molecule is CC(C)c1ccc(-c2ccc(/C=C/C(=O)Oc3ccc(C(C)(C)C)cc3)cc2)cc1. The molecule has 2 heteroatoms. The lowest BCUT2D eigenvalue weighted by molar-refractivity contribution is -0.128. The van der Waals surface area contributed by atoms with Crippen molar-refractivity contribution in [1.29, 1.82) is 0 Å². The van der Waals surface area contributed by atoms with Gasteiger partial charge in [0.25, 0.3) is 0 Å². The molecule has 0 fully saturated rings. The van der Waals surface area contributed by atoms with Crippen molar-refractivity contribution >= 4 is 12.0 Å². The third-order valence-electron chi connectivity index (χ3n) is 5.17. The Balaban J connectivity index is 1.61. The van der Waals surface area contributed by atoms with Crippen molar-refractivity contribution in [2.24, 2.45) is 0 Å². The molecule has 0 aliphatic rings. The van der Waals surface area contributed by atoms with Crippen LogP contribution in [-0.4, -0.2) is 5.97 Å². The first kappa shape index (κ1) is 21.6. The molecule has 0 aliphatic carbocycles. The molecule has 0 aliphatic heterocycles. The molecule has 0 amide bonds. The smallest absolute Gasteiger partial charge is 0.336 e. The van der Waals surface area contributed by atoms with E-state index in [-0.39, 0.29) is 11.4 Å². The zero-order chi connectivity index (χ0) is 21.7. The van der Waals surface area contributed by atoms with Crippen LogP contribution in [0.15, 0.2) is 78.9 Å². The van der Waals surface area contributed by atoms with Crippen LogP contribution in [0.1, 0.15) is 57.2 Å². The Morgan fingerprint density at radius 2 is 1.33 bits per heavy atom. The third-order valence-corrected chi connectivity index (χ3v) is 5.17. The molecule has 3 aromatic carbocycles. The highest BCUT2D eigenvalue weighted by atomic mass is 16.5. The monoisotopic (exact) mass is 398 g/mol. The number of ether oxygens (including phenoxy) is 1. The summed E-state index contributed by atoms with van der Waals surface area (Å²) < 4.78 is 5.40. The van der Waals surface area contributed by atoms with Crippen LogP contribution in [0.4, 0.5) is 0 Å². The van der Waals surface area contributed by atoms with Crippen LogP contribution in [0, 0.1) is 0 Å². The Morgan fingerprint density at radius 3 is 1.83 bits per heavy atom. The maximum Gasteiger partial charge on any atom is 0.336 e. The number of benzene rings is 3. The maximum absolute atomic E-state index is 12.1. The van der Waals surface area contributed by atoms with E-state index < -0.39 is 0 Å². The summed E-state index contributed by atoms with van der Waals surface area (Å²) in [7, 11) is 0. The van der Waals surface area contributed by atoms with Crippen molar-refractivity contribution in [3.05, 3.63) is 95.6 Å². The molecular weight excluding hydrogens is 368 g/mol. The largest absolute Gasteiger partial charge is 0.423 e. The lowest BCUT2D eigenvalue weighted by Gasteiger charge is -2.18. The highest BCUT2D eigenvalue weighted by Gasteiger charge is 2.13. The summed E-state index contributed by atoms with van der Waals surface area (Å²) in [5.41, 5.74) is 5.92. The second-order valence-electron chi connectivity index (χ2n) is 8.93. The van der Waals surface area contributed by atoms with Crippen LogP contribution in [0.3, 0.4) is 0 Å². The van der Waals surface area contributed by atoms with Crippen molar-refractivity contribution in [3.63, 3.8) is 0 Å². The molecule has 0 N–H and O–H groups in total. The van der Waals surface area contributed by atoms with Crippen LogP contribution in [0.5, 0.6) is 5.75 Å². The number of carbonyl (C=O) groups excluding carboxylic acids is 1. The normalized spacial score (nSPS) is 11.8. The van der Waals surface area contributed by atoms with Gasteiger partial charge in [0.05, 0.1) is 0 Å². The van der Waals surface area contributed by atoms with Crippen LogP contribution in [-0.2, 0) is 10.2 Å². The van der Waals surface area contributed by atoms with Crippen molar-refractivity contribution in [2.45, 2.75) is 46.0 Å². The van der Waals surface area contributed by atoms with E-state index in [1.807, 2.05) is 36.4 Å². The van der Waals surface area contributed by atoms with E-state index in [9.17, 15) is 4.79 Å². The van der Waals surface area contributed by atoms with Gasteiger partial charge >= 0.3 is 5.97 Å². The summed E-state index contributed by atoms with van der Waals surface area (Å²) in [6, 6.07) is 24.5. The Labute approximate surface area is 180 Å². The Kier molecular flexibility index (Phi) is 6.56. The van der Waals surface area contributed by atoms with Crippen LogP contribution >= 0.6 is 0 Å².